The standard InChI is InChI=1S/C15H22ClN3O/c1-10(2)14(17)15(20)18-12-6-7-19(9-12)13-5-3-4-11(16)8-13/h3-5,8,10,12,14H,6-7,9,17H2,1-2H3,(H,18,20)/t12?,14-/m0/s1. The Morgan fingerprint density at radius 2 is 2.25 bits per heavy atom. The lowest BCUT2D eigenvalue weighted by molar-refractivity contribution is -0.123. The second kappa shape index (κ2) is 6.46. The van der Waals surface area contributed by atoms with Crippen LogP contribution in [0.1, 0.15) is 20.3 Å². The van der Waals surface area contributed by atoms with Crippen LogP contribution in [0.4, 0.5) is 5.69 Å². The van der Waals surface area contributed by atoms with Gasteiger partial charge in [0.2, 0.25) is 5.91 Å². The number of carbonyl (C=O) groups is 1. The summed E-state index contributed by atoms with van der Waals surface area (Å²) in [5.74, 6) is 0.0957. The van der Waals surface area contributed by atoms with Gasteiger partial charge in [-0.25, -0.2) is 0 Å². The highest BCUT2D eigenvalue weighted by Crippen LogP contribution is 2.23. The zero-order chi connectivity index (χ0) is 14.7. The number of nitrogens with zero attached hydrogens (tertiary/aromatic N) is 1. The van der Waals surface area contributed by atoms with Crippen molar-refractivity contribution < 1.29 is 4.79 Å². The molecule has 2 rings (SSSR count). The van der Waals surface area contributed by atoms with E-state index in [-0.39, 0.29) is 17.9 Å². The van der Waals surface area contributed by atoms with Gasteiger partial charge >= 0.3 is 0 Å². The first-order chi connectivity index (χ1) is 9.47. The Hall–Kier alpha value is -1.26. The second-order valence-corrected chi connectivity index (χ2v) is 6.13. The molecule has 3 N–H and O–H groups in total. The molecule has 0 radical (unpaired) electrons. The van der Waals surface area contributed by atoms with Crippen molar-refractivity contribution in [2.24, 2.45) is 11.7 Å². The molecule has 1 heterocycles. The van der Waals surface area contributed by atoms with Gasteiger partial charge in [-0.1, -0.05) is 31.5 Å². The molecule has 0 saturated carbocycles. The number of benzene rings is 1. The van der Waals surface area contributed by atoms with Crippen molar-refractivity contribution in [1.82, 2.24) is 5.32 Å². The van der Waals surface area contributed by atoms with Gasteiger partial charge < -0.3 is 16.0 Å². The van der Waals surface area contributed by atoms with Crippen LogP contribution in [-0.4, -0.2) is 31.1 Å². The van der Waals surface area contributed by atoms with E-state index >= 15 is 0 Å². The summed E-state index contributed by atoms with van der Waals surface area (Å²) in [4.78, 5) is 14.2. The number of carbonyl (C=O) groups excluding carboxylic acids is 1. The monoisotopic (exact) mass is 295 g/mol. The fourth-order valence-electron chi connectivity index (χ4n) is 2.39. The number of amides is 1. The van der Waals surface area contributed by atoms with Crippen LogP contribution >= 0.6 is 11.6 Å². The number of hydrogen-bond acceptors (Lipinski definition) is 3. The second-order valence-electron chi connectivity index (χ2n) is 5.69. The third-order valence-electron chi connectivity index (χ3n) is 3.73. The molecule has 0 bridgehead atoms. The Bertz CT molecular complexity index is 478. The van der Waals surface area contributed by atoms with Crippen LogP contribution in [-0.2, 0) is 4.79 Å². The minimum atomic E-state index is -0.435. The third kappa shape index (κ3) is 3.64. The van der Waals surface area contributed by atoms with E-state index in [9.17, 15) is 4.79 Å². The van der Waals surface area contributed by atoms with Crippen LogP contribution in [0, 0.1) is 5.92 Å². The summed E-state index contributed by atoms with van der Waals surface area (Å²) in [6, 6.07) is 7.52. The fourth-order valence-corrected chi connectivity index (χ4v) is 2.57. The molecule has 1 aliphatic heterocycles. The van der Waals surface area contributed by atoms with Crippen LogP contribution in [0.5, 0.6) is 0 Å². The van der Waals surface area contributed by atoms with Crippen molar-refractivity contribution in [3.63, 3.8) is 0 Å². The molecule has 1 fully saturated rings. The first-order valence-corrected chi connectivity index (χ1v) is 7.41. The molecule has 1 saturated heterocycles. The number of anilines is 1. The third-order valence-corrected chi connectivity index (χ3v) is 3.96. The smallest absolute Gasteiger partial charge is 0.237 e. The van der Waals surface area contributed by atoms with Gasteiger partial charge in [-0.05, 0) is 30.5 Å². The van der Waals surface area contributed by atoms with Crippen molar-refractivity contribution in [1.29, 1.82) is 0 Å². The van der Waals surface area contributed by atoms with Crippen LogP contribution < -0.4 is 16.0 Å². The van der Waals surface area contributed by atoms with Crippen LogP contribution in [0.25, 0.3) is 0 Å². The lowest BCUT2D eigenvalue weighted by Crippen LogP contribution is -2.48. The Morgan fingerprint density at radius 1 is 1.50 bits per heavy atom. The van der Waals surface area contributed by atoms with E-state index in [2.05, 4.69) is 10.2 Å². The summed E-state index contributed by atoms with van der Waals surface area (Å²) in [5.41, 5.74) is 6.96. The van der Waals surface area contributed by atoms with E-state index in [0.717, 1.165) is 30.2 Å². The number of rotatable bonds is 4. The zero-order valence-corrected chi connectivity index (χ0v) is 12.7. The maximum absolute atomic E-state index is 12.0. The maximum Gasteiger partial charge on any atom is 0.237 e. The molecule has 5 heteroatoms. The molecule has 1 aliphatic rings. The number of hydrogen-bond donors (Lipinski definition) is 2. The van der Waals surface area contributed by atoms with Gasteiger partial charge in [0, 0.05) is 29.8 Å². The number of halogens is 1. The Kier molecular flexibility index (Phi) is 4.89. The van der Waals surface area contributed by atoms with Crippen LogP contribution in [0.2, 0.25) is 5.02 Å². The molecule has 1 amide bonds. The summed E-state index contributed by atoms with van der Waals surface area (Å²) in [6.07, 6.45) is 0.934. The summed E-state index contributed by atoms with van der Waals surface area (Å²) in [6.45, 7) is 5.63. The average molecular weight is 296 g/mol. The maximum atomic E-state index is 12.0. The topological polar surface area (TPSA) is 58.4 Å². The molecule has 110 valence electrons. The highest BCUT2D eigenvalue weighted by atomic mass is 35.5. The molecule has 0 aliphatic carbocycles. The first-order valence-electron chi connectivity index (χ1n) is 7.04. The van der Waals surface area contributed by atoms with Crippen molar-refractivity contribution in [2.45, 2.75) is 32.4 Å². The largest absolute Gasteiger partial charge is 0.369 e. The molecule has 0 spiro atoms. The van der Waals surface area contributed by atoms with Gasteiger partial charge in [0.05, 0.1) is 6.04 Å². The summed E-state index contributed by atoms with van der Waals surface area (Å²) in [7, 11) is 0. The Morgan fingerprint density at radius 3 is 2.90 bits per heavy atom. The summed E-state index contributed by atoms with van der Waals surface area (Å²) < 4.78 is 0. The molecular weight excluding hydrogens is 274 g/mol. The lowest BCUT2D eigenvalue weighted by Gasteiger charge is -2.21. The predicted octanol–water partition coefficient (Wildman–Crippen LogP) is 2.02. The molecule has 1 aromatic rings. The zero-order valence-electron chi connectivity index (χ0n) is 12.0. The minimum Gasteiger partial charge on any atom is -0.369 e. The summed E-state index contributed by atoms with van der Waals surface area (Å²) in [5, 5.41) is 3.77. The number of nitrogens with one attached hydrogen (secondary N) is 1. The fraction of sp³-hybridized carbons (Fsp3) is 0.533. The highest BCUT2D eigenvalue weighted by molar-refractivity contribution is 6.30. The van der Waals surface area contributed by atoms with Gasteiger partial charge in [0.15, 0.2) is 0 Å². The Labute approximate surface area is 125 Å². The van der Waals surface area contributed by atoms with Crippen LogP contribution in [0.15, 0.2) is 24.3 Å². The first kappa shape index (κ1) is 15.1. The predicted molar refractivity (Wildman–Crippen MR) is 83.0 cm³/mol. The molecule has 0 aromatic heterocycles. The van der Waals surface area contributed by atoms with E-state index in [1.54, 1.807) is 0 Å². The van der Waals surface area contributed by atoms with Crippen molar-refractivity contribution in [2.75, 3.05) is 18.0 Å². The minimum absolute atomic E-state index is 0.0575. The molecule has 1 aromatic carbocycles. The van der Waals surface area contributed by atoms with E-state index in [4.69, 9.17) is 17.3 Å². The van der Waals surface area contributed by atoms with Crippen LogP contribution in [0.3, 0.4) is 0 Å². The van der Waals surface area contributed by atoms with Gasteiger partial charge in [0.25, 0.3) is 0 Å². The quantitative estimate of drug-likeness (QED) is 0.893. The van der Waals surface area contributed by atoms with E-state index in [1.165, 1.54) is 0 Å². The highest BCUT2D eigenvalue weighted by Gasteiger charge is 2.26. The molecule has 1 unspecified atom stereocenters. The molecular formula is C15H22ClN3O. The number of nitrogens with two attached hydrogens (primary N) is 1. The lowest BCUT2D eigenvalue weighted by atomic mass is 10.0. The van der Waals surface area contributed by atoms with Crippen molar-refractivity contribution >= 4 is 23.2 Å². The van der Waals surface area contributed by atoms with E-state index in [1.807, 2.05) is 38.1 Å². The molecule has 2 atom stereocenters. The Balaban J connectivity index is 1.91. The van der Waals surface area contributed by atoms with E-state index in [0.29, 0.717) is 0 Å². The van der Waals surface area contributed by atoms with Gasteiger partial charge in [-0.3, -0.25) is 4.79 Å². The van der Waals surface area contributed by atoms with Gasteiger partial charge in [-0.15, -0.1) is 0 Å². The van der Waals surface area contributed by atoms with E-state index < -0.39 is 6.04 Å². The average Bonchev–Trinajstić information content (AvgIpc) is 2.86. The molecule has 4 nitrogen and oxygen atoms in total. The van der Waals surface area contributed by atoms with Crippen molar-refractivity contribution in [3.8, 4) is 0 Å². The summed E-state index contributed by atoms with van der Waals surface area (Å²) >= 11 is 6.01. The van der Waals surface area contributed by atoms with Crippen molar-refractivity contribution in [3.05, 3.63) is 29.3 Å². The normalized spacial score (nSPS) is 20.2. The molecule has 20 heavy (non-hydrogen) atoms. The van der Waals surface area contributed by atoms with Gasteiger partial charge in [-0.2, -0.15) is 0 Å². The SMILES string of the molecule is CC(C)[C@H](N)C(=O)NC1CCN(c2cccc(Cl)c2)C1. The van der Waals surface area contributed by atoms with Gasteiger partial charge in [0.1, 0.15) is 0 Å².